The van der Waals surface area contributed by atoms with E-state index in [9.17, 15) is 0 Å². The predicted octanol–water partition coefficient (Wildman–Crippen LogP) is 2.27. The van der Waals surface area contributed by atoms with E-state index in [0.29, 0.717) is 0 Å². The molecule has 15 heavy (non-hydrogen) atoms. The standard InChI is InChI=1S/C13H19NO/c1-10-7-14(8-11(10)2)13-5-3-12(9-15)4-6-13/h3-6,10-11,15H,7-9H2,1-2H3. The third kappa shape index (κ3) is 2.15. The average Bonchev–Trinajstić information content (AvgIpc) is 2.59. The van der Waals surface area contributed by atoms with Gasteiger partial charge in [0.2, 0.25) is 0 Å². The van der Waals surface area contributed by atoms with Crippen LogP contribution in [0.4, 0.5) is 5.69 Å². The maximum atomic E-state index is 8.96. The van der Waals surface area contributed by atoms with Gasteiger partial charge >= 0.3 is 0 Å². The van der Waals surface area contributed by atoms with Crippen molar-refractivity contribution < 1.29 is 5.11 Å². The lowest BCUT2D eigenvalue weighted by Crippen LogP contribution is -2.19. The Bertz CT molecular complexity index is 310. The average molecular weight is 205 g/mol. The fourth-order valence-electron chi connectivity index (χ4n) is 2.15. The summed E-state index contributed by atoms with van der Waals surface area (Å²) in [7, 11) is 0. The fraction of sp³-hybridized carbons (Fsp3) is 0.538. The zero-order chi connectivity index (χ0) is 10.8. The second-order valence-corrected chi connectivity index (χ2v) is 4.68. The van der Waals surface area contributed by atoms with E-state index in [0.717, 1.165) is 30.5 Å². The van der Waals surface area contributed by atoms with Crippen molar-refractivity contribution in [2.75, 3.05) is 18.0 Å². The molecule has 2 rings (SSSR count). The summed E-state index contributed by atoms with van der Waals surface area (Å²) in [5, 5.41) is 8.96. The first kappa shape index (κ1) is 10.5. The third-order valence-corrected chi connectivity index (χ3v) is 3.47. The number of aliphatic hydroxyl groups is 1. The van der Waals surface area contributed by atoms with Crippen LogP contribution in [0.15, 0.2) is 24.3 Å². The summed E-state index contributed by atoms with van der Waals surface area (Å²) < 4.78 is 0. The summed E-state index contributed by atoms with van der Waals surface area (Å²) in [4.78, 5) is 2.43. The van der Waals surface area contributed by atoms with Crippen LogP contribution in [0.3, 0.4) is 0 Å². The molecule has 1 heterocycles. The maximum absolute atomic E-state index is 8.96. The highest BCUT2D eigenvalue weighted by molar-refractivity contribution is 5.48. The number of hydrogen-bond acceptors (Lipinski definition) is 2. The van der Waals surface area contributed by atoms with Crippen molar-refractivity contribution in [3.8, 4) is 0 Å². The van der Waals surface area contributed by atoms with Gasteiger partial charge in [0.05, 0.1) is 6.61 Å². The first-order valence-electron chi connectivity index (χ1n) is 5.65. The lowest BCUT2D eigenvalue weighted by atomic mass is 10.0. The van der Waals surface area contributed by atoms with Crippen LogP contribution >= 0.6 is 0 Å². The summed E-state index contributed by atoms with van der Waals surface area (Å²) in [6.07, 6.45) is 0. The van der Waals surface area contributed by atoms with Crippen LogP contribution < -0.4 is 4.90 Å². The van der Waals surface area contributed by atoms with Crippen LogP contribution in [0.2, 0.25) is 0 Å². The smallest absolute Gasteiger partial charge is 0.0681 e. The second-order valence-electron chi connectivity index (χ2n) is 4.68. The van der Waals surface area contributed by atoms with E-state index in [1.54, 1.807) is 0 Å². The van der Waals surface area contributed by atoms with E-state index >= 15 is 0 Å². The lowest BCUT2D eigenvalue weighted by Gasteiger charge is -2.18. The molecular weight excluding hydrogens is 186 g/mol. The summed E-state index contributed by atoms with van der Waals surface area (Å²) in [5.41, 5.74) is 2.27. The molecule has 82 valence electrons. The molecule has 1 aliphatic heterocycles. The zero-order valence-corrected chi connectivity index (χ0v) is 9.48. The van der Waals surface area contributed by atoms with E-state index < -0.39 is 0 Å². The Hall–Kier alpha value is -1.02. The summed E-state index contributed by atoms with van der Waals surface area (Å²) >= 11 is 0. The van der Waals surface area contributed by atoms with Gasteiger partial charge in [0.1, 0.15) is 0 Å². The van der Waals surface area contributed by atoms with Gasteiger partial charge in [-0.2, -0.15) is 0 Å². The van der Waals surface area contributed by atoms with Gasteiger partial charge in [-0.15, -0.1) is 0 Å². The van der Waals surface area contributed by atoms with Crippen molar-refractivity contribution in [2.24, 2.45) is 11.8 Å². The first-order valence-corrected chi connectivity index (χ1v) is 5.65. The Balaban J connectivity index is 2.10. The van der Waals surface area contributed by atoms with Crippen LogP contribution in [0.1, 0.15) is 19.4 Å². The van der Waals surface area contributed by atoms with E-state index in [4.69, 9.17) is 5.11 Å². The minimum atomic E-state index is 0.132. The number of anilines is 1. The van der Waals surface area contributed by atoms with E-state index in [-0.39, 0.29) is 6.61 Å². The molecule has 2 heteroatoms. The van der Waals surface area contributed by atoms with E-state index in [2.05, 4.69) is 30.9 Å². The van der Waals surface area contributed by atoms with Gasteiger partial charge < -0.3 is 10.0 Å². The normalized spacial score (nSPS) is 25.9. The molecule has 0 saturated carbocycles. The summed E-state index contributed by atoms with van der Waals surface area (Å²) in [6, 6.07) is 8.22. The molecule has 2 nitrogen and oxygen atoms in total. The van der Waals surface area contributed by atoms with Gasteiger partial charge in [-0.25, -0.2) is 0 Å². The Morgan fingerprint density at radius 1 is 1.13 bits per heavy atom. The molecule has 1 aliphatic rings. The van der Waals surface area contributed by atoms with Crippen molar-refractivity contribution in [1.82, 2.24) is 0 Å². The Labute approximate surface area is 91.5 Å². The van der Waals surface area contributed by atoms with E-state index in [1.165, 1.54) is 5.69 Å². The molecule has 0 amide bonds. The van der Waals surface area contributed by atoms with Gasteiger partial charge in [-0.05, 0) is 29.5 Å². The largest absolute Gasteiger partial charge is 0.392 e. The van der Waals surface area contributed by atoms with Gasteiger partial charge in [0.15, 0.2) is 0 Å². The van der Waals surface area contributed by atoms with Crippen LogP contribution in [0.5, 0.6) is 0 Å². The first-order chi connectivity index (χ1) is 7.20. The minimum Gasteiger partial charge on any atom is -0.392 e. The molecular formula is C13H19NO. The Morgan fingerprint density at radius 2 is 1.67 bits per heavy atom. The van der Waals surface area contributed by atoms with Gasteiger partial charge in [0, 0.05) is 18.8 Å². The van der Waals surface area contributed by atoms with Crippen molar-refractivity contribution >= 4 is 5.69 Å². The van der Waals surface area contributed by atoms with Gasteiger partial charge in [-0.1, -0.05) is 26.0 Å². The predicted molar refractivity (Wildman–Crippen MR) is 62.9 cm³/mol. The lowest BCUT2D eigenvalue weighted by molar-refractivity contribution is 0.282. The fourth-order valence-corrected chi connectivity index (χ4v) is 2.15. The molecule has 2 atom stereocenters. The number of benzene rings is 1. The molecule has 2 unspecified atom stereocenters. The van der Waals surface area contributed by atoms with Gasteiger partial charge in [-0.3, -0.25) is 0 Å². The maximum Gasteiger partial charge on any atom is 0.0681 e. The second kappa shape index (κ2) is 4.23. The molecule has 1 fully saturated rings. The van der Waals surface area contributed by atoms with Crippen LogP contribution in [-0.2, 0) is 6.61 Å². The SMILES string of the molecule is CC1CN(c2ccc(CO)cc2)CC1C. The Kier molecular flexibility index (Phi) is 2.96. The highest BCUT2D eigenvalue weighted by Crippen LogP contribution is 2.27. The third-order valence-electron chi connectivity index (χ3n) is 3.47. The summed E-state index contributed by atoms with van der Waals surface area (Å²) in [5.74, 6) is 1.56. The molecule has 0 spiro atoms. The number of rotatable bonds is 2. The minimum absolute atomic E-state index is 0.132. The van der Waals surface area contributed by atoms with Crippen molar-refractivity contribution in [3.63, 3.8) is 0 Å². The van der Waals surface area contributed by atoms with Gasteiger partial charge in [0.25, 0.3) is 0 Å². The highest BCUT2D eigenvalue weighted by Gasteiger charge is 2.25. The van der Waals surface area contributed by atoms with Crippen molar-refractivity contribution in [1.29, 1.82) is 0 Å². The summed E-state index contributed by atoms with van der Waals surface area (Å²) in [6.45, 7) is 7.06. The Morgan fingerprint density at radius 3 is 2.13 bits per heavy atom. The van der Waals surface area contributed by atoms with E-state index in [1.807, 2.05) is 12.1 Å². The molecule has 1 aromatic carbocycles. The van der Waals surface area contributed by atoms with Crippen LogP contribution in [0, 0.1) is 11.8 Å². The molecule has 1 saturated heterocycles. The van der Waals surface area contributed by atoms with Crippen LogP contribution in [-0.4, -0.2) is 18.2 Å². The number of nitrogens with zero attached hydrogens (tertiary/aromatic N) is 1. The van der Waals surface area contributed by atoms with Crippen molar-refractivity contribution in [3.05, 3.63) is 29.8 Å². The topological polar surface area (TPSA) is 23.5 Å². The molecule has 0 bridgehead atoms. The zero-order valence-electron chi connectivity index (χ0n) is 9.48. The van der Waals surface area contributed by atoms with Crippen LogP contribution in [0.25, 0.3) is 0 Å². The quantitative estimate of drug-likeness (QED) is 0.800. The monoisotopic (exact) mass is 205 g/mol. The molecule has 0 radical (unpaired) electrons. The molecule has 0 aromatic heterocycles. The molecule has 0 aliphatic carbocycles. The highest BCUT2D eigenvalue weighted by atomic mass is 16.3. The van der Waals surface area contributed by atoms with Crippen molar-refractivity contribution in [2.45, 2.75) is 20.5 Å². The number of hydrogen-bond donors (Lipinski definition) is 1. The molecule has 1 aromatic rings. The molecule has 1 N–H and O–H groups in total. The number of aliphatic hydroxyl groups excluding tert-OH is 1.